The van der Waals surface area contributed by atoms with Crippen LogP contribution in [0.3, 0.4) is 0 Å². The average Bonchev–Trinajstić information content (AvgIpc) is 2.09. The number of ether oxygens (including phenoxy) is 1. The standard InChI is InChI=1S/C11H23NO4S/c1-5-16-10(13)7-6-8-12-17(14,15)9-11(2,3)4/h12H,5-9H2,1-4H3. The zero-order chi connectivity index (χ0) is 13.5. The fourth-order valence-electron chi connectivity index (χ4n) is 1.31. The first kappa shape index (κ1) is 16.4. The van der Waals surface area contributed by atoms with E-state index in [4.69, 9.17) is 4.74 Å². The van der Waals surface area contributed by atoms with Gasteiger partial charge in [0.1, 0.15) is 0 Å². The van der Waals surface area contributed by atoms with Crippen molar-refractivity contribution < 1.29 is 17.9 Å². The molecular formula is C11H23NO4S. The molecule has 0 rings (SSSR count). The Hall–Kier alpha value is -0.620. The second-order valence-corrected chi connectivity index (χ2v) is 6.93. The van der Waals surface area contributed by atoms with E-state index in [-0.39, 0.29) is 30.1 Å². The molecule has 5 nitrogen and oxygen atoms in total. The van der Waals surface area contributed by atoms with Gasteiger partial charge in [0.2, 0.25) is 10.0 Å². The number of rotatable bonds is 7. The Morgan fingerprint density at radius 2 is 1.88 bits per heavy atom. The van der Waals surface area contributed by atoms with Crippen molar-refractivity contribution in [1.82, 2.24) is 4.72 Å². The zero-order valence-corrected chi connectivity index (χ0v) is 11.9. The molecule has 0 heterocycles. The van der Waals surface area contributed by atoms with Gasteiger partial charge in [-0.15, -0.1) is 0 Å². The van der Waals surface area contributed by atoms with Crippen molar-refractivity contribution in [3.05, 3.63) is 0 Å². The van der Waals surface area contributed by atoms with Gasteiger partial charge in [-0.25, -0.2) is 13.1 Å². The van der Waals surface area contributed by atoms with Crippen LogP contribution in [0.2, 0.25) is 0 Å². The molecule has 17 heavy (non-hydrogen) atoms. The Labute approximate surface area is 104 Å². The minimum absolute atomic E-state index is 0.0827. The van der Waals surface area contributed by atoms with E-state index in [9.17, 15) is 13.2 Å². The van der Waals surface area contributed by atoms with E-state index in [1.807, 2.05) is 20.8 Å². The third-order valence-electron chi connectivity index (χ3n) is 1.81. The SMILES string of the molecule is CCOC(=O)CCCNS(=O)(=O)CC(C)(C)C. The smallest absolute Gasteiger partial charge is 0.305 e. The summed E-state index contributed by atoms with van der Waals surface area (Å²) >= 11 is 0. The first-order chi connectivity index (χ1) is 7.66. The van der Waals surface area contributed by atoms with Crippen molar-refractivity contribution in [2.45, 2.75) is 40.5 Å². The molecular weight excluding hydrogens is 242 g/mol. The number of nitrogens with one attached hydrogen (secondary N) is 1. The molecule has 0 radical (unpaired) electrons. The summed E-state index contributed by atoms with van der Waals surface area (Å²) in [6.07, 6.45) is 0.702. The predicted molar refractivity (Wildman–Crippen MR) is 67.1 cm³/mol. The number of hydrogen-bond donors (Lipinski definition) is 1. The second-order valence-electron chi connectivity index (χ2n) is 5.12. The lowest BCUT2D eigenvalue weighted by Crippen LogP contribution is -2.33. The van der Waals surface area contributed by atoms with Crippen molar-refractivity contribution in [3.63, 3.8) is 0 Å². The van der Waals surface area contributed by atoms with Gasteiger partial charge in [0.25, 0.3) is 0 Å². The lowest BCUT2D eigenvalue weighted by molar-refractivity contribution is -0.143. The largest absolute Gasteiger partial charge is 0.466 e. The zero-order valence-electron chi connectivity index (χ0n) is 11.1. The Bertz CT molecular complexity index is 330. The Morgan fingerprint density at radius 1 is 1.29 bits per heavy atom. The lowest BCUT2D eigenvalue weighted by Gasteiger charge is -2.18. The summed E-state index contributed by atoms with van der Waals surface area (Å²) in [4.78, 5) is 11.0. The van der Waals surface area contributed by atoms with Crippen LogP contribution in [0.15, 0.2) is 0 Å². The van der Waals surface area contributed by atoms with Gasteiger partial charge >= 0.3 is 5.97 Å². The number of esters is 1. The van der Waals surface area contributed by atoms with Crippen molar-refractivity contribution in [3.8, 4) is 0 Å². The fourth-order valence-corrected chi connectivity index (χ4v) is 3.01. The minimum Gasteiger partial charge on any atom is -0.466 e. The molecule has 0 saturated heterocycles. The monoisotopic (exact) mass is 265 g/mol. The third kappa shape index (κ3) is 10.3. The lowest BCUT2D eigenvalue weighted by atomic mass is 10.0. The molecule has 1 N–H and O–H groups in total. The molecule has 0 amide bonds. The van der Waals surface area contributed by atoms with Gasteiger partial charge < -0.3 is 4.74 Å². The Balaban J connectivity index is 3.85. The van der Waals surface area contributed by atoms with Crippen molar-refractivity contribution in [2.75, 3.05) is 18.9 Å². The fraction of sp³-hybridized carbons (Fsp3) is 0.909. The van der Waals surface area contributed by atoms with Crippen molar-refractivity contribution >= 4 is 16.0 Å². The summed E-state index contributed by atoms with van der Waals surface area (Å²) in [6.45, 7) is 7.97. The third-order valence-corrected chi connectivity index (χ3v) is 3.70. The van der Waals surface area contributed by atoms with E-state index in [0.29, 0.717) is 13.0 Å². The molecule has 0 aliphatic heterocycles. The number of carbonyl (C=O) groups excluding carboxylic acids is 1. The van der Waals surface area contributed by atoms with Crippen LogP contribution in [-0.2, 0) is 19.6 Å². The van der Waals surface area contributed by atoms with Crippen LogP contribution in [0.4, 0.5) is 0 Å². The molecule has 0 saturated carbocycles. The molecule has 0 unspecified atom stereocenters. The maximum atomic E-state index is 11.6. The first-order valence-electron chi connectivity index (χ1n) is 5.79. The molecule has 102 valence electrons. The highest BCUT2D eigenvalue weighted by molar-refractivity contribution is 7.89. The normalized spacial score (nSPS) is 12.5. The maximum Gasteiger partial charge on any atom is 0.305 e. The van der Waals surface area contributed by atoms with E-state index < -0.39 is 10.0 Å². The van der Waals surface area contributed by atoms with Gasteiger partial charge in [-0.1, -0.05) is 20.8 Å². The molecule has 6 heteroatoms. The van der Waals surface area contributed by atoms with Gasteiger partial charge in [0.05, 0.1) is 12.4 Å². The number of hydrogen-bond acceptors (Lipinski definition) is 4. The maximum absolute atomic E-state index is 11.6. The molecule has 0 aliphatic rings. The molecule has 0 aromatic rings. The summed E-state index contributed by atoms with van der Waals surface area (Å²) in [7, 11) is -3.25. The summed E-state index contributed by atoms with van der Waals surface area (Å²) in [5.41, 5.74) is -0.271. The molecule has 0 atom stereocenters. The Kier molecular flexibility index (Phi) is 6.70. The molecule has 0 aromatic heterocycles. The average molecular weight is 265 g/mol. The molecule has 0 aliphatic carbocycles. The highest BCUT2D eigenvalue weighted by atomic mass is 32.2. The molecule has 0 bridgehead atoms. The van der Waals surface area contributed by atoms with Crippen molar-refractivity contribution in [1.29, 1.82) is 0 Å². The van der Waals surface area contributed by atoms with E-state index in [0.717, 1.165) is 0 Å². The van der Waals surface area contributed by atoms with Gasteiger partial charge in [-0.3, -0.25) is 4.79 Å². The van der Waals surface area contributed by atoms with Crippen LogP contribution in [0.1, 0.15) is 40.5 Å². The quantitative estimate of drug-likeness (QED) is 0.556. The number of sulfonamides is 1. The van der Waals surface area contributed by atoms with Crippen LogP contribution >= 0.6 is 0 Å². The van der Waals surface area contributed by atoms with Gasteiger partial charge in [0.15, 0.2) is 0 Å². The van der Waals surface area contributed by atoms with Gasteiger partial charge in [0, 0.05) is 13.0 Å². The summed E-state index contributed by atoms with van der Waals surface area (Å²) in [5, 5.41) is 0. The van der Waals surface area contributed by atoms with E-state index in [1.54, 1.807) is 6.92 Å². The van der Waals surface area contributed by atoms with Gasteiger partial charge in [-0.05, 0) is 18.8 Å². The molecule has 0 aromatic carbocycles. The van der Waals surface area contributed by atoms with E-state index in [2.05, 4.69) is 4.72 Å². The van der Waals surface area contributed by atoms with E-state index in [1.165, 1.54) is 0 Å². The highest BCUT2D eigenvalue weighted by Gasteiger charge is 2.20. The van der Waals surface area contributed by atoms with Crippen LogP contribution < -0.4 is 4.72 Å². The predicted octanol–water partition coefficient (Wildman–Crippen LogP) is 1.30. The highest BCUT2D eigenvalue weighted by Crippen LogP contribution is 2.15. The summed E-state index contributed by atoms with van der Waals surface area (Å²) in [5.74, 6) is -0.207. The summed E-state index contributed by atoms with van der Waals surface area (Å²) in [6, 6.07) is 0. The Morgan fingerprint density at radius 3 is 2.35 bits per heavy atom. The van der Waals surface area contributed by atoms with E-state index >= 15 is 0 Å². The van der Waals surface area contributed by atoms with Crippen LogP contribution in [0, 0.1) is 5.41 Å². The first-order valence-corrected chi connectivity index (χ1v) is 7.44. The van der Waals surface area contributed by atoms with Crippen molar-refractivity contribution in [2.24, 2.45) is 5.41 Å². The van der Waals surface area contributed by atoms with Gasteiger partial charge in [-0.2, -0.15) is 0 Å². The summed E-state index contributed by atoms with van der Waals surface area (Å²) < 4.78 is 30.4. The molecule has 0 fully saturated rings. The topological polar surface area (TPSA) is 72.5 Å². The van der Waals surface area contributed by atoms with Crippen LogP contribution in [0.25, 0.3) is 0 Å². The van der Waals surface area contributed by atoms with Crippen LogP contribution in [0.5, 0.6) is 0 Å². The van der Waals surface area contributed by atoms with Crippen LogP contribution in [-0.4, -0.2) is 33.3 Å². The number of carbonyl (C=O) groups is 1. The molecule has 0 spiro atoms. The minimum atomic E-state index is -3.25. The second kappa shape index (κ2) is 6.96.